The van der Waals surface area contributed by atoms with Crippen molar-refractivity contribution in [1.29, 1.82) is 0 Å². The number of β-amino-alcohol motifs (C(OH)–C–C–N with tert-alkyl or cyclic N) is 1. The molecule has 40 heavy (non-hydrogen) atoms. The van der Waals surface area contributed by atoms with Crippen LogP contribution in [0.15, 0.2) is 52.7 Å². The number of aliphatic hydroxyl groups is 2. The average Bonchev–Trinajstić information content (AvgIpc) is 3.55. The van der Waals surface area contributed by atoms with Crippen LogP contribution in [0.5, 0.6) is 0 Å². The Morgan fingerprint density at radius 2 is 1.90 bits per heavy atom. The molecule has 1 aromatic heterocycles. The zero-order valence-electron chi connectivity index (χ0n) is 23.9. The van der Waals surface area contributed by atoms with Crippen molar-refractivity contribution in [3.63, 3.8) is 0 Å². The summed E-state index contributed by atoms with van der Waals surface area (Å²) in [7, 11) is 0. The number of hydrogen-bond donors (Lipinski definition) is 3. The van der Waals surface area contributed by atoms with Crippen LogP contribution in [-0.4, -0.2) is 58.1 Å². The molecule has 3 aliphatic carbocycles. The first-order valence-electron chi connectivity index (χ1n) is 14.9. The first-order valence-corrected chi connectivity index (χ1v) is 14.9. The summed E-state index contributed by atoms with van der Waals surface area (Å²) in [6.45, 7) is 6.36. The third kappa shape index (κ3) is 5.69. The van der Waals surface area contributed by atoms with Gasteiger partial charge in [0.25, 0.3) is 0 Å². The van der Waals surface area contributed by atoms with E-state index in [0.29, 0.717) is 37.1 Å². The van der Waals surface area contributed by atoms with E-state index in [1.807, 2.05) is 12.1 Å². The Balaban J connectivity index is 1.53. The number of rotatable bonds is 5. The molecule has 2 bridgehead atoms. The van der Waals surface area contributed by atoms with Crippen molar-refractivity contribution in [2.45, 2.75) is 89.3 Å². The van der Waals surface area contributed by atoms with E-state index in [4.69, 9.17) is 10.2 Å². The Bertz CT molecular complexity index is 1250. The summed E-state index contributed by atoms with van der Waals surface area (Å²) in [6.07, 6.45) is 9.72. The van der Waals surface area contributed by atoms with Crippen LogP contribution < -0.4 is 5.73 Å². The van der Waals surface area contributed by atoms with E-state index in [0.717, 1.165) is 62.7 Å². The molecular weight excluding hydrogens is 504 g/mol. The largest absolute Gasteiger partial charge is 0.461 e. The van der Waals surface area contributed by atoms with Gasteiger partial charge in [-0.15, -0.1) is 0 Å². The molecule has 1 aliphatic heterocycles. The Labute approximate surface area is 237 Å². The van der Waals surface area contributed by atoms with Gasteiger partial charge in [-0.3, -0.25) is 9.59 Å². The number of likely N-dealkylation sites (tertiary alicyclic amines) is 1. The number of fused-ring (bicyclic) bond motifs is 8. The van der Waals surface area contributed by atoms with Crippen LogP contribution in [-0.2, 0) is 11.2 Å². The highest BCUT2D eigenvalue weighted by atomic mass is 16.3. The van der Waals surface area contributed by atoms with Crippen LogP contribution in [0.4, 0.5) is 0 Å². The van der Waals surface area contributed by atoms with E-state index in [9.17, 15) is 19.8 Å². The van der Waals surface area contributed by atoms with Crippen LogP contribution in [0.25, 0.3) is 0 Å². The number of carbonyl (C=O) groups is 2. The SMILES string of the molecule is CC1=CCCC2(C)C(CCC2(O)CN2CCC(C(N)=O)CC2)c2ccc(cc2C(=O)c2ccco2)CC(O)CC1. The lowest BCUT2D eigenvalue weighted by molar-refractivity contribution is -0.124. The molecule has 6 rings (SSSR count). The van der Waals surface area contributed by atoms with Crippen molar-refractivity contribution in [2.75, 3.05) is 19.6 Å². The molecule has 4 N–H and O–H groups in total. The van der Waals surface area contributed by atoms with Crippen molar-refractivity contribution < 1.29 is 24.2 Å². The highest BCUT2D eigenvalue weighted by Crippen LogP contribution is 2.59. The zero-order valence-corrected chi connectivity index (χ0v) is 23.9. The third-order valence-corrected chi connectivity index (χ3v) is 10.1. The van der Waals surface area contributed by atoms with Gasteiger partial charge in [-0.2, -0.15) is 0 Å². The van der Waals surface area contributed by atoms with E-state index >= 15 is 0 Å². The number of furan rings is 1. The molecule has 7 nitrogen and oxygen atoms in total. The number of primary amides is 1. The van der Waals surface area contributed by atoms with Crippen molar-refractivity contribution in [3.8, 4) is 0 Å². The minimum atomic E-state index is -0.949. The Morgan fingerprint density at radius 3 is 2.60 bits per heavy atom. The van der Waals surface area contributed by atoms with Gasteiger partial charge in [0.15, 0.2) is 5.76 Å². The quantitative estimate of drug-likeness (QED) is 0.367. The maximum absolute atomic E-state index is 13.8. The monoisotopic (exact) mass is 548 g/mol. The lowest BCUT2D eigenvalue weighted by Crippen LogP contribution is -2.54. The van der Waals surface area contributed by atoms with Gasteiger partial charge in [-0.1, -0.05) is 30.7 Å². The Hall–Kier alpha value is -2.74. The molecule has 1 amide bonds. The molecule has 4 aliphatic rings. The average molecular weight is 549 g/mol. The van der Waals surface area contributed by atoms with Gasteiger partial charge in [0.2, 0.25) is 11.7 Å². The zero-order chi connectivity index (χ0) is 28.5. The van der Waals surface area contributed by atoms with E-state index in [1.54, 1.807) is 12.1 Å². The van der Waals surface area contributed by atoms with Gasteiger partial charge in [0, 0.05) is 23.4 Å². The van der Waals surface area contributed by atoms with E-state index in [2.05, 4.69) is 30.9 Å². The summed E-state index contributed by atoms with van der Waals surface area (Å²) in [4.78, 5) is 27.8. The number of amides is 1. The number of nitrogens with two attached hydrogens (primary N) is 1. The highest BCUT2D eigenvalue weighted by molar-refractivity contribution is 6.08. The summed E-state index contributed by atoms with van der Waals surface area (Å²) < 4.78 is 5.52. The number of hydrogen-bond acceptors (Lipinski definition) is 6. The molecule has 1 saturated carbocycles. The standard InChI is InChI=1S/C33H44N2O5/c1-22-5-3-14-32(2)28(11-15-33(32,39)21-35-16-12-24(13-17-35)31(34)38)26-10-8-23(19-25(36)9-7-22)20-27(26)30(37)29-6-4-18-40-29/h4-6,8,10,18,20,24-25,28,36,39H,3,7,9,11-17,19,21H2,1-2H3,(H2,34,38). The van der Waals surface area contributed by atoms with Crippen LogP contribution in [0.1, 0.15) is 98.4 Å². The minimum absolute atomic E-state index is 0.0230. The summed E-state index contributed by atoms with van der Waals surface area (Å²) in [5, 5.41) is 23.2. The minimum Gasteiger partial charge on any atom is -0.461 e. The summed E-state index contributed by atoms with van der Waals surface area (Å²) in [5.41, 5.74) is 7.87. The summed E-state index contributed by atoms with van der Waals surface area (Å²) >= 11 is 0. The second-order valence-corrected chi connectivity index (χ2v) is 12.7. The topological polar surface area (TPSA) is 117 Å². The lowest BCUT2D eigenvalue weighted by Gasteiger charge is -2.47. The maximum atomic E-state index is 13.8. The van der Waals surface area contributed by atoms with Crippen molar-refractivity contribution >= 4 is 11.7 Å². The van der Waals surface area contributed by atoms with E-state index in [1.165, 1.54) is 11.8 Å². The normalized spacial score (nSPS) is 30.4. The van der Waals surface area contributed by atoms with Gasteiger partial charge in [-0.05, 0) is 113 Å². The molecule has 0 spiro atoms. The van der Waals surface area contributed by atoms with Crippen LogP contribution >= 0.6 is 0 Å². The first kappa shape index (κ1) is 28.8. The first-order chi connectivity index (χ1) is 19.1. The summed E-state index contributed by atoms with van der Waals surface area (Å²) in [5.74, 6) is -0.210. The maximum Gasteiger partial charge on any atom is 0.228 e. The highest BCUT2D eigenvalue weighted by Gasteiger charge is 2.57. The number of ketones is 1. The number of nitrogens with zero attached hydrogens (tertiary/aromatic N) is 1. The predicted molar refractivity (Wildman–Crippen MR) is 154 cm³/mol. The fourth-order valence-electron chi connectivity index (χ4n) is 7.48. The predicted octanol–water partition coefficient (Wildman–Crippen LogP) is 4.75. The number of benzene rings is 1. The van der Waals surface area contributed by atoms with Crippen LogP contribution in [0, 0.1) is 11.3 Å². The molecule has 2 fully saturated rings. The molecule has 1 saturated heterocycles. The molecule has 4 atom stereocenters. The van der Waals surface area contributed by atoms with Crippen molar-refractivity contribution in [2.24, 2.45) is 17.1 Å². The fraction of sp³-hybridized carbons (Fsp3) is 0.576. The van der Waals surface area contributed by atoms with Gasteiger partial charge in [-0.25, -0.2) is 0 Å². The smallest absolute Gasteiger partial charge is 0.228 e. The summed E-state index contributed by atoms with van der Waals surface area (Å²) in [6, 6.07) is 9.45. The Kier molecular flexibility index (Phi) is 8.37. The Morgan fingerprint density at radius 1 is 1.12 bits per heavy atom. The van der Waals surface area contributed by atoms with Gasteiger partial charge in [0.1, 0.15) is 0 Å². The second kappa shape index (κ2) is 11.6. The number of carbonyl (C=O) groups excluding carboxylic acids is 2. The lowest BCUT2D eigenvalue weighted by atomic mass is 9.64. The molecule has 2 heterocycles. The van der Waals surface area contributed by atoms with Crippen LogP contribution in [0.3, 0.4) is 0 Å². The van der Waals surface area contributed by atoms with Crippen LogP contribution in [0.2, 0.25) is 0 Å². The molecule has 0 radical (unpaired) electrons. The molecule has 4 unspecified atom stereocenters. The molecule has 7 heteroatoms. The molecular formula is C33H44N2O5. The third-order valence-electron chi connectivity index (χ3n) is 10.1. The molecule has 2 aromatic rings. The fourth-order valence-corrected chi connectivity index (χ4v) is 7.48. The number of piperidine rings is 1. The van der Waals surface area contributed by atoms with Gasteiger partial charge in [0.05, 0.1) is 18.0 Å². The molecule has 216 valence electrons. The van der Waals surface area contributed by atoms with E-state index in [-0.39, 0.29) is 23.5 Å². The second-order valence-electron chi connectivity index (χ2n) is 12.7. The number of allylic oxidation sites excluding steroid dienone is 2. The van der Waals surface area contributed by atoms with E-state index < -0.39 is 17.1 Å². The molecule has 1 aromatic carbocycles. The van der Waals surface area contributed by atoms with Crippen molar-refractivity contribution in [1.82, 2.24) is 4.90 Å². The van der Waals surface area contributed by atoms with Gasteiger partial charge >= 0.3 is 0 Å². The number of aliphatic hydroxyl groups excluding tert-OH is 1. The van der Waals surface area contributed by atoms with Crippen molar-refractivity contribution in [3.05, 3.63) is 70.7 Å². The van der Waals surface area contributed by atoms with Gasteiger partial charge < -0.3 is 25.3 Å².